The summed E-state index contributed by atoms with van der Waals surface area (Å²) >= 11 is 1.73. The number of nitrogens with one attached hydrogen (secondary N) is 1. The van der Waals surface area contributed by atoms with Gasteiger partial charge in [-0.05, 0) is 36.4 Å². The third-order valence-corrected chi connectivity index (χ3v) is 2.93. The molecule has 2 rings (SSSR count). The fourth-order valence-electron chi connectivity index (χ4n) is 1.49. The van der Waals surface area contributed by atoms with Gasteiger partial charge in [-0.15, -0.1) is 11.8 Å². The second-order valence-corrected chi connectivity index (χ2v) is 3.95. The Balaban J connectivity index is 2.36. The number of rotatable bonds is 1. The monoisotopic (exact) mass is 193 g/mol. The zero-order valence-corrected chi connectivity index (χ0v) is 8.28. The molecule has 1 aromatic rings. The van der Waals surface area contributed by atoms with E-state index < -0.39 is 0 Å². The normalized spacial score (nSPS) is 15.0. The molecule has 0 radical (unpaired) electrons. The molecule has 1 aromatic carbocycles. The highest BCUT2D eigenvalue weighted by Crippen LogP contribution is 2.26. The summed E-state index contributed by atoms with van der Waals surface area (Å²) in [5.41, 5.74) is 2.24. The summed E-state index contributed by atoms with van der Waals surface area (Å²) in [6.45, 7) is 0. The molecule has 0 fully saturated rings. The van der Waals surface area contributed by atoms with Crippen LogP contribution < -0.4 is 5.32 Å². The standard InChI is InChI=1S/C10H11NOS/c1-13-8-3-4-9-7(6-8)2-5-10(12)11-9/h3-4,6H,2,5H2,1H3,(H,11,12). The molecule has 3 heteroatoms. The summed E-state index contributed by atoms with van der Waals surface area (Å²) in [4.78, 5) is 12.3. The van der Waals surface area contributed by atoms with E-state index >= 15 is 0 Å². The number of hydrogen-bond donors (Lipinski definition) is 1. The molecule has 1 heterocycles. The molecule has 1 amide bonds. The van der Waals surface area contributed by atoms with Crippen molar-refractivity contribution in [2.75, 3.05) is 11.6 Å². The molecule has 0 bridgehead atoms. The summed E-state index contributed by atoms with van der Waals surface area (Å²) < 4.78 is 0. The van der Waals surface area contributed by atoms with Crippen molar-refractivity contribution in [2.24, 2.45) is 0 Å². The molecular formula is C10H11NOS. The Hall–Kier alpha value is -0.960. The number of fused-ring (bicyclic) bond motifs is 1. The fourth-order valence-corrected chi connectivity index (χ4v) is 1.95. The number of amides is 1. The minimum absolute atomic E-state index is 0.129. The largest absolute Gasteiger partial charge is 0.326 e. The lowest BCUT2D eigenvalue weighted by molar-refractivity contribution is -0.116. The SMILES string of the molecule is CSc1ccc2c(c1)CCC(=O)N2. The number of aryl methyl sites for hydroxylation is 1. The highest BCUT2D eigenvalue weighted by molar-refractivity contribution is 7.98. The highest BCUT2D eigenvalue weighted by atomic mass is 32.2. The van der Waals surface area contributed by atoms with Crippen molar-refractivity contribution in [3.8, 4) is 0 Å². The molecule has 13 heavy (non-hydrogen) atoms. The minimum Gasteiger partial charge on any atom is -0.326 e. The van der Waals surface area contributed by atoms with Crippen molar-refractivity contribution in [3.63, 3.8) is 0 Å². The summed E-state index contributed by atoms with van der Waals surface area (Å²) in [5, 5.41) is 2.86. The maximum absolute atomic E-state index is 11.1. The Bertz CT molecular complexity index is 349. The average Bonchev–Trinajstić information content (AvgIpc) is 2.17. The first-order valence-corrected chi connectivity index (χ1v) is 5.49. The summed E-state index contributed by atoms with van der Waals surface area (Å²) in [6, 6.07) is 6.17. The van der Waals surface area contributed by atoms with Crippen LogP contribution in [-0.4, -0.2) is 12.2 Å². The number of anilines is 1. The topological polar surface area (TPSA) is 29.1 Å². The smallest absolute Gasteiger partial charge is 0.224 e. The number of hydrogen-bond acceptors (Lipinski definition) is 2. The lowest BCUT2D eigenvalue weighted by Gasteiger charge is -2.16. The van der Waals surface area contributed by atoms with Crippen molar-refractivity contribution in [3.05, 3.63) is 23.8 Å². The van der Waals surface area contributed by atoms with Crippen LogP contribution in [0.1, 0.15) is 12.0 Å². The lowest BCUT2D eigenvalue weighted by Crippen LogP contribution is -2.18. The predicted octanol–water partition coefficient (Wildman–Crippen LogP) is 2.29. The Morgan fingerprint density at radius 2 is 2.23 bits per heavy atom. The predicted molar refractivity (Wildman–Crippen MR) is 55.2 cm³/mol. The van der Waals surface area contributed by atoms with Crippen LogP contribution in [0.2, 0.25) is 0 Å². The Morgan fingerprint density at radius 1 is 1.38 bits per heavy atom. The van der Waals surface area contributed by atoms with Gasteiger partial charge < -0.3 is 5.32 Å². The first-order valence-electron chi connectivity index (χ1n) is 4.26. The van der Waals surface area contributed by atoms with E-state index in [4.69, 9.17) is 0 Å². The molecule has 0 atom stereocenters. The molecule has 0 saturated heterocycles. The molecule has 0 aliphatic carbocycles. The molecule has 68 valence electrons. The van der Waals surface area contributed by atoms with Gasteiger partial charge in [0.25, 0.3) is 0 Å². The van der Waals surface area contributed by atoms with Gasteiger partial charge in [-0.1, -0.05) is 0 Å². The van der Waals surface area contributed by atoms with Gasteiger partial charge in [0, 0.05) is 17.0 Å². The van der Waals surface area contributed by atoms with E-state index in [0.717, 1.165) is 12.1 Å². The number of carbonyl (C=O) groups excluding carboxylic acids is 1. The van der Waals surface area contributed by atoms with E-state index in [2.05, 4.69) is 17.6 Å². The Morgan fingerprint density at radius 3 is 3.00 bits per heavy atom. The summed E-state index contributed by atoms with van der Waals surface area (Å²) in [7, 11) is 0. The molecular weight excluding hydrogens is 182 g/mol. The van der Waals surface area contributed by atoms with Crippen LogP contribution in [-0.2, 0) is 11.2 Å². The van der Waals surface area contributed by atoms with Gasteiger partial charge in [-0.25, -0.2) is 0 Å². The van der Waals surface area contributed by atoms with E-state index in [1.165, 1.54) is 10.5 Å². The van der Waals surface area contributed by atoms with E-state index in [0.29, 0.717) is 6.42 Å². The Labute approximate surface area is 81.7 Å². The van der Waals surface area contributed by atoms with E-state index in [9.17, 15) is 4.79 Å². The van der Waals surface area contributed by atoms with Gasteiger partial charge in [0.05, 0.1) is 0 Å². The van der Waals surface area contributed by atoms with Gasteiger partial charge in [0.15, 0.2) is 0 Å². The first-order chi connectivity index (χ1) is 6.29. The van der Waals surface area contributed by atoms with E-state index in [1.807, 2.05) is 12.1 Å². The van der Waals surface area contributed by atoms with E-state index in [1.54, 1.807) is 11.8 Å². The van der Waals surface area contributed by atoms with Gasteiger partial charge in [0.1, 0.15) is 0 Å². The van der Waals surface area contributed by atoms with Crippen molar-refractivity contribution in [1.82, 2.24) is 0 Å². The van der Waals surface area contributed by atoms with Gasteiger partial charge in [-0.3, -0.25) is 4.79 Å². The van der Waals surface area contributed by atoms with Crippen molar-refractivity contribution in [2.45, 2.75) is 17.7 Å². The van der Waals surface area contributed by atoms with Crippen LogP contribution in [0.25, 0.3) is 0 Å². The molecule has 0 aromatic heterocycles. The maximum Gasteiger partial charge on any atom is 0.224 e. The third kappa shape index (κ3) is 1.70. The summed E-state index contributed by atoms with van der Waals surface area (Å²) in [5.74, 6) is 0.129. The number of thioether (sulfide) groups is 1. The second-order valence-electron chi connectivity index (χ2n) is 3.07. The Kier molecular flexibility index (Phi) is 2.27. The van der Waals surface area contributed by atoms with Crippen LogP contribution in [0.15, 0.2) is 23.1 Å². The molecule has 0 saturated carbocycles. The van der Waals surface area contributed by atoms with Gasteiger partial charge in [0.2, 0.25) is 5.91 Å². The number of carbonyl (C=O) groups is 1. The van der Waals surface area contributed by atoms with Crippen LogP contribution >= 0.6 is 11.8 Å². The highest BCUT2D eigenvalue weighted by Gasteiger charge is 2.14. The van der Waals surface area contributed by atoms with Crippen LogP contribution in [0, 0.1) is 0 Å². The molecule has 1 aliphatic heterocycles. The second kappa shape index (κ2) is 3.42. The zero-order chi connectivity index (χ0) is 9.26. The molecule has 1 N–H and O–H groups in total. The molecule has 2 nitrogen and oxygen atoms in total. The maximum atomic E-state index is 11.1. The van der Waals surface area contributed by atoms with Crippen LogP contribution in [0.5, 0.6) is 0 Å². The minimum atomic E-state index is 0.129. The fraction of sp³-hybridized carbons (Fsp3) is 0.300. The molecule has 1 aliphatic rings. The first kappa shape index (κ1) is 8.63. The average molecular weight is 193 g/mol. The van der Waals surface area contributed by atoms with Crippen molar-refractivity contribution < 1.29 is 4.79 Å². The van der Waals surface area contributed by atoms with Crippen LogP contribution in [0.3, 0.4) is 0 Å². The lowest BCUT2D eigenvalue weighted by atomic mass is 10.0. The molecule has 0 spiro atoms. The van der Waals surface area contributed by atoms with Crippen molar-refractivity contribution >= 4 is 23.4 Å². The quantitative estimate of drug-likeness (QED) is 0.693. The van der Waals surface area contributed by atoms with Crippen molar-refractivity contribution in [1.29, 1.82) is 0 Å². The third-order valence-electron chi connectivity index (χ3n) is 2.21. The molecule has 0 unspecified atom stereocenters. The van der Waals surface area contributed by atoms with E-state index in [-0.39, 0.29) is 5.91 Å². The number of benzene rings is 1. The van der Waals surface area contributed by atoms with Crippen LogP contribution in [0.4, 0.5) is 5.69 Å². The zero-order valence-electron chi connectivity index (χ0n) is 7.46. The van der Waals surface area contributed by atoms with Gasteiger partial charge >= 0.3 is 0 Å². The summed E-state index contributed by atoms with van der Waals surface area (Å²) in [6.07, 6.45) is 3.55. The van der Waals surface area contributed by atoms with Gasteiger partial charge in [-0.2, -0.15) is 0 Å².